The second-order valence-corrected chi connectivity index (χ2v) is 8.92. The van der Waals surface area contributed by atoms with Crippen molar-refractivity contribution in [2.75, 3.05) is 6.54 Å². The van der Waals surface area contributed by atoms with Gasteiger partial charge in [-0.15, -0.1) is 11.3 Å². The highest BCUT2D eigenvalue weighted by Gasteiger charge is 2.26. The summed E-state index contributed by atoms with van der Waals surface area (Å²) in [5.74, 6) is 0.273. The Labute approximate surface area is 171 Å². The molecular formula is C24H28N2OS. The first-order chi connectivity index (χ1) is 13.7. The van der Waals surface area contributed by atoms with Crippen LogP contribution in [-0.4, -0.2) is 28.4 Å². The van der Waals surface area contributed by atoms with Gasteiger partial charge in [0, 0.05) is 23.9 Å². The van der Waals surface area contributed by atoms with Gasteiger partial charge in [0.2, 0.25) is 5.91 Å². The second kappa shape index (κ2) is 8.44. The van der Waals surface area contributed by atoms with E-state index in [9.17, 15) is 4.79 Å². The first kappa shape index (κ1) is 19.1. The fourth-order valence-corrected chi connectivity index (χ4v) is 5.41. The second-order valence-electron chi connectivity index (χ2n) is 7.75. The monoisotopic (exact) mass is 392 g/mol. The zero-order valence-corrected chi connectivity index (χ0v) is 17.6. The molecule has 1 aliphatic heterocycles. The summed E-state index contributed by atoms with van der Waals surface area (Å²) in [5.41, 5.74) is 2.31. The maximum Gasteiger partial charge on any atom is 0.228 e. The van der Waals surface area contributed by atoms with Crippen molar-refractivity contribution in [2.24, 2.45) is 0 Å². The number of fused-ring (bicyclic) bond motifs is 1. The molecule has 1 saturated heterocycles. The lowest BCUT2D eigenvalue weighted by atomic mass is 9.99. The molecule has 146 valence electrons. The molecule has 1 unspecified atom stereocenters. The van der Waals surface area contributed by atoms with E-state index >= 15 is 0 Å². The number of thiazole rings is 1. The van der Waals surface area contributed by atoms with Crippen LogP contribution in [0.4, 0.5) is 0 Å². The summed E-state index contributed by atoms with van der Waals surface area (Å²) in [5, 5.41) is 3.65. The number of hydrogen-bond donors (Lipinski definition) is 0. The Morgan fingerprint density at radius 3 is 2.86 bits per heavy atom. The average molecular weight is 393 g/mol. The molecule has 0 spiro atoms. The smallest absolute Gasteiger partial charge is 0.228 e. The van der Waals surface area contributed by atoms with E-state index in [0.717, 1.165) is 47.8 Å². The number of aromatic nitrogens is 1. The van der Waals surface area contributed by atoms with Crippen molar-refractivity contribution in [3.63, 3.8) is 0 Å². The fourth-order valence-electron chi connectivity index (χ4n) is 4.33. The minimum Gasteiger partial charge on any atom is -0.339 e. The number of likely N-dealkylation sites (tertiary alicyclic amines) is 1. The van der Waals surface area contributed by atoms with Gasteiger partial charge in [-0.1, -0.05) is 49.4 Å². The molecule has 3 aromatic rings. The predicted octanol–water partition coefficient (Wildman–Crippen LogP) is 5.53. The van der Waals surface area contributed by atoms with E-state index in [2.05, 4.69) is 54.3 Å². The Hall–Kier alpha value is -2.20. The third-order valence-corrected chi connectivity index (χ3v) is 7.05. The lowest BCUT2D eigenvalue weighted by Gasteiger charge is -2.35. The Morgan fingerprint density at radius 1 is 1.18 bits per heavy atom. The Balaban J connectivity index is 1.51. The fraction of sp³-hybridized carbons (Fsp3) is 0.417. The third-order valence-electron chi connectivity index (χ3n) is 5.89. The number of rotatable bonds is 5. The van der Waals surface area contributed by atoms with E-state index in [-0.39, 0.29) is 5.91 Å². The number of amides is 1. The van der Waals surface area contributed by atoms with E-state index in [1.54, 1.807) is 11.3 Å². The molecule has 1 aromatic heterocycles. The SMILES string of the molecule is CCC1CCCCN1C(=O)Cc1sc(Cc2cccc3ccccc23)nc1C. The third kappa shape index (κ3) is 3.97. The molecule has 28 heavy (non-hydrogen) atoms. The van der Waals surface area contributed by atoms with Crippen LogP contribution in [0.1, 0.15) is 53.7 Å². The molecule has 0 bridgehead atoms. The van der Waals surface area contributed by atoms with Gasteiger partial charge in [0.1, 0.15) is 0 Å². The molecule has 0 radical (unpaired) electrons. The zero-order chi connectivity index (χ0) is 19.5. The minimum atomic E-state index is 0.273. The molecule has 4 rings (SSSR count). The van der Waals surface area contributed by atoms with Crippen LogP contribution in [0.15, 0.2) is 42.5 Å². The van der Waals surface area contributed by atoms with E-state index < -0.39 is 0 Å². The first-order valence-corrected chi connectivity index (χ1v) is 11.2. The molecular weight excluding hydrogens is 364 g/mol. The van der Waals surface area contributed by atoms with Crippen LogP contribution in [0.25, 0.3) is 10.8 Å². The molecule has 0 aliphatic carbocycles. The summed E-state index contributed by atoms with van der Waals surface area (Å²) in [7, 11) is 0. The van der Waals surface area contributed by atoms with E-state index in [4.69, 9.17) is 4.98 Å². The molecule has 1 fully saturated rings. The van der Waals surface area contributed by atoms with E-state index in [1.807, 2.05) is 6.92 Å². The number of piperidine rings is 1. The summed E-state index contributed by atoms with van der Waals surface area (Å²) in [6, 6.07) is 15.4. The standard InChI is InChI=1S/C24H28N2OS/c1-3-20-12-6-7-14-26(20)24(27)16-22-17(2)25-23(28-22)15-19-11-8-10-18-9-4-5-13-21(18)19/h4-5,8-11,13,20H,3,6-7,12,14-16H2,1-2H3. The van der Waals surface area contributed by atoms with Crippen molar-refractivity contribution in [3.8, 4) is 0 Å². The van der Waals surface area contributed by atoms with Crippen LogP contribution < -0.4 is 0 Å². The summed E-state index contributed by atoms with van der Waals surface area (Å²) >= 11 is 1.71. The van der Waals surface area contributed by atoms with Crippen molar-refractivity contribution in [1.82, 2.24) is 9.88 Å². The van der Waals surface area contributed by atoms with Crippen molar-refractivity contribution in [2.45, 2.75) is 58.4 Å². The molecule has 3 nitrogen and oxygen atoms in total. The van der Waals surface area contributed by atoms with Gasteiger partial charge in [0.25, 0.3) is 0 Å². The molecule has 2 aromatic carbocycles. The van der Waals surface area contributed by atoms with Gasteiger partial charge in [-0.3, -0.25) is 4.79 Å². The molecule has 1 aliphatic rings. The molecule has 1 amide bonds. The lowest BCUT2D eigenvalue weighted by molar-refractivity contribution is -0.134. The maximum absolute atomic E-state index is 12.9. The summed E-state index contributed by atoms with van der Waals surface area (Å²) in [6.07, 6.45) is 5.90. The number of benzene rings is 2. The van der Waals surface area contributed by atoms with Crippen LogP contribution in [0.3, 0.4) is 0 Å². The Kier molecular flexibility index (Phi) is 5.77. The van der Waals surface area contributed by atoms with Crippen molar-refractivity contribution in [1.29, 1.82) is 0 Å². The maximum atomic E-state index is 12.9. The van der Waals surface area contributed by atoms with E-state index in [0.29, 0.717) is 12.5 Å². The first-order valence-electron chi connectivity index (χ1n) is 10.4. The quantitative estimate of drug-likeness (QED) is 0.572. The van der Waals surface area contributed by atoms with Gasteiger partial charge in [0.15, 0.2) is 0 Å². The molecule has 2 heterocycles. The Bertz CT molecular complexity index is 972. The van der Waals surface area contributed by atoms with Gasteiger partial charge in [0.05, 0.1) is 17.1 Å². The molecule has 1 atom stereocenters. The molecule has 0 N–H and O–H groups in total. The van der Waals surface area contributed by atoms with Gasteiger partial charge < -0.3 is 4.90 Å². The largest absolute Gasteiger partial charge is 0.339 e. The lowest BCUT2D eigenvalue weighted by Crippen LogP contribution is -2.44. The van der Waals surface area contributed by atoms with Gasteiger partial charge in [-0.25, -0.2) is 4.98 Å². The topological polar surface area (TPSA) is 33.2 Å². The van der Waals surface area contributed by atoms with Crippen LogP contribution in [0, 0.1) is 6.92 Å². The van der Waals surface area contributed by atoms with Crippen LogP contribution in [0.5, 0.6) is 0 Å². The predicted molar refractivity (Wildman–Crippen MR) is 117 cm³/mol. The van der Waals surface area contributed by atoms with E-state index in [1.165, 1.54) is 22.8 Å². The number of hydrogen-bond acceptors (Lipinski definition) is 3. The average Bonchev–Trinajstić information content (AvgIpc) is 3.07. The highest BCUT2D eigenvalue weighted by Crippen LogP contribution is 2.27. The van der Waals surface area contributed by atoms with Gasteiger partial charge in [-0.2, -0.15) is 0 Å². The van der Waals surface area contributed by atoms with Crippen LogP contribution in [-0.2, 0) is 17.6 Å². The number of nitrogens with zero attached hydrogens (tertiary/aromatic N) is 2. The molecule has 4 heteroatoms. The summed E-state index contributed by atoms with van der Waals surface area (Å²) in [4.78, 5) is 21.0. The Morgan fingerprint density at radius 2 is 2.00 bits per heavy atom. The number of carbonyl (C=O) groups is 1. The van der Waals surface area contributed by atoms with Crippen molar-refractivity contribution in [3.05, 3.63) is 63.6 Å². The zero-order valence-electron chi connectivity index (χ0n) is 16.8. The molecule has 0 saturated carbocycles. The summed E-state index contributed by atoms with van der Waals surface area (Å²) < 4.78 is 0. The normalized spacial score (nSPS) is 17.2. The summed E-state index contributed by atoms with van der Waals surface area (Å²) in [6.45, 7) is 5.15. The highest BCUT2D eigenvalue weighted by molar-refractivity contribution is 7.11. The number of carbonyl (C=O) groups excluding carboxylic acids is 1. The highest BCUT2D eigenvalue weighted by atomic mass is 32.1. The van der Waals surface area contributed by atoms with Crippen molar-refractivity contribution >= 4 is 28.0 Å². The van der Waals surface area contributed by atoms with Gasteiger partial charge >= 0.3 is 0 Å². The number of aryl methyl sites for hydroxylation is 1. The van der Waals surface area contributed by atoms with Crippen LogP contribution in [0.2, 0.25) is 0 Å². The van der Waals surface area contributed by atoms with Gasteiger partial charge in [-0.05, 0) is 48.9 Å². The van der Waals surface area contributed by atoms with Crippen molar-refractivity contribution < 1.29 is 4.79 Å². The minimum absolute atomic E-state index is 0.273. The van der Waals surface area contributed by atoms with Crippen LogP contribution >= 0.6 is 11.3 Å².